The van der Waals surface area contributed by atoms with Crippen molar-refractivity contribution >= 4 is 27.3 Å². The maximum absolute atomic E-state index is 13.1. The molecule has 2 aliphatic rings. The van der Waals surface area contributed by atoms with Crippen LogP contribution in [0, 0.1) is 23.0 Å². The van der Waals surface area contributed by atoms with Crippen LogP contribution in [-0.4, -0.2) is 30.2 Å². The molecule has 0 N–H and O–H groups in total. The Morgan fingerprint density at radius 2 is 1.88 bits per heavy atom. The van der Waals surface area contributed by atoms with Gasteiger partial charge in [-0.25, -0.2) is 8.42 Å². The van der Waals surface area contributed by atoms with E-state index < -0.39 is 14.9 Å². The van der Waals surface area contributed by atoms with E-state index in [1.165, 1.54) is 13.0 Å². The second-order valence-corrected chi connectivity index (χ2v) is 8.97. The van der Waals surface area contributed by atoms with Crippen molar-refractivity contribution in [2.45, 2.75) is 56.4 Å². The molecular formula is C16H21ClN2O4S. The fourth-order valence-electron chi connectivity index (χ4n) is 3.99. The summed E-state index contributed by atoms with van der Waals surface area (Å²) in [6, 6.07) is 2.49. The zero-order chi connectivity index (χ0) is 17.5. The average Bonchev–Trinajstić information content (AvgIpc) is 2.56. The van der Waals surface area contributed by atoms with Gasteiger partial charge in [0.25, 0.3) is 5.69 Å². The van der Waals surface area contributed by atoms with Gasteiger partial charge in [-0.3, -0.25) is 10.1 Å². The molecule has 3 rings (SSSR count). The predicted molar refractivity (Wildman–Crippen MR) is 91.7 cm³/mol. The Kier molecular flexibility index (Phi) is 4.86. The number of benzene rings is 1. The highest BCUT2D eigenvalue weighted by Crippen LogP contribution is 2.39. The molecule has 1 heterocycles. The molecule has 0 aromatic heterocycles. The number of sulfonamides is 1. The smallest absolute Gasteiger partial charge is 0.258 e. The minimum atomic E-state index is -3.78. The van der Waals surface area contributed by atoms with Crippen LogP contribution < -0.4 is 0 Å². The molecule has 2 atom stereocenters. The Bertz CT molecular complexity index is 764. The molecular weight excluding hydrogens is 352 g/mol. The number of hydrogen-bond acceptors (Lipinski definition) is 4. The number of nitro groups is 1. The summed E-state index contributed by atoms with van der Waals surface area (Å²) in [6.45, 7) is 2.00. The van der Waals surface area contributed by atoms with E-state index in [9.17, 15) is 18.5 Å². The van der Waals surface area contributed by atoms with E-state index in [-0.39, 0.29) is 27.2 Å². The molecule has 6 nitrogen and oxygen atoms in total. The van der Waals surface area contributed by atoms with Crippen LogP contribution in [0.3, 0.4) is 0 Å². The molecule has 132 valence electrons. The normalized spacial score (nSPS) is 25.2. The summed E-state index contributed by atoms with van der Waals surface area (Å²) < 4.78 is 27.8. The van der Waals surface area contributed by atoms with Crippen molar-refractivity contribution in [1.29, 1.82) is 0 Å². The lowest BCUT2D eigenvalue weighted by molar-refractivity contribution is -0.385. The summed E-state index contributed by atoms with van der Waals surface area (Å²) in [4.78, 5) is 10.5. The van der Waals surface area contributed by atoms with Crippen LogP contribution in [0.25, 0.3) is 0 Å². The highest BCUT2D eigenvalue weighted by atomic mass is 35.5. The van der Waals surface area contributed by atoms with Crippen molar-refractivity contribution in [2.75, 3.05) is 6.54 Å². The maximum Gasteiger partial charge on any atom is 0.275 e. The van der Waals surface area contributed by atoms with E-state index in [1.807, 2.05) is 0 Å². The minimum Gasteiger partial charge on any atom is -0.258 e. The number of fused-ring (bicyclic) bond motifs is 1. The van der Waals surface area contributed by atoms with Crippen molar-refractivity contribution in [2.24, 2.45) is 5.92 Å². The van der Waals surface area contributed by atoms with E-state index in [0.29, 0.717) is 12.5 Å². The zero-order valence-corrected chi connectivity index (χ0v) is 15.1. The van der Waals surface area contributed by atoms with Crippen LogP contribution in [-0.2, 0) is 10.0 Å². The summed E-state index contributed by atoms with van der Waals surface area (Å²) in [5.74, 6) is 0.401. The maximum atomic E-state index is 13.1. The van der Waals surface area contributed by atoms with Crippen LogP contribution in [0.15, 0.2) is 17.0 Å². The van der Waals surface area contributed by atoms with Crippen molar-refractivity contribution in [3.8, 4) is 0 Å². The van der Waals surface area contributed by atoms with Crippen molar-refractivity contribution in [3.63, 3.8) is 0 Å². The fraction of sp³-hybridized carbons (Fsp3) is 0.625. The molecule has 0 amide bonds. The zero-order valence-electron chi connectivity index (χ0n) is 13.6. The Morgan fingerprint density at radius 3 is 2.58 bits per heavy atom. The molecule has 0 spiro atoms. The third kappa shape index (κ3) is 3.05. The molecule has 0 radical (unpaired) electrons. The van der Waals surface area contributed by atoms with Gasteiger partial charge in [0.05, 0.1) is 14.8 Å². The first-order chi connectivity index (χ1) is 11.3. The van der Waals surface area contributed by atoms with Gasteiger partial charge in [0.2, 0.25) is 10.0 Å². The van der Waals surface area contributed by atoms with Crippen molar-refractivity contribution in [1.82, 2.24) is 4.31 Å². The second-order valence-electron chi connectivity index (χ2n) is 6.68. The van der Waals surface area contributed by atoms with E-state index in [4.69, 9.17) is 11.6 Å². The number of nitrogens with zero attached hydrogens (tertiary/aromatic N) is 2. The third-order valence-electron chi connectivity index (χ3n) is 5.29. The van der Waals surface area contributed by atoms with Crippen LogP contribution in [0.5, 0.6) is 0 Å². The summed E-state index contributed by atoms with van der Waals surface area (Å²) in [5, 5.41) is 11.3. The SMILES string of the molecule is Cc1c(Cl)cc(S(=O)(=O)N2CCC[C@H]3CCCC[C@@H]32)cc1[N+](=O)[O-]. The lowest BCUT2D eigenvalue weighted by atomic mass is 9.79. The van der Waals surface area contributed by atoms with Gasteiger partial charge in [-0.1, -0.05) is 24.4 Å². The van der Waals surface area contributed by atoms with E-state index in [2.05, 4.69) is 0 Å². The van der Waals surface area contributed by atoms with Gasteiger partial charge in [-0.2, -0.15) is 4.31 Å². The molecule has 1 aliphatic carbocycles. The van der Waals surface area contributed by atoms with E-state index in [1.54, 1.807) is 4.31 Å². The standard InChI is InChI=1S/C16H21ClN2O4S/c1-11-14(17)9-13(10-16(11)19(20)21)24(22,23)18-8-4-6-12-5-2-3-7-15(12)18/h9-10,12,15H,2-8H2,1H3/t12-,15+/m1/s1. The number of nitro benzene ring substituents is 1. The van der Waals surface area contributed by atoms with Crippen LogP contribution in [0.2, 0.25) is 5.02 Å². The molecule has 0 unspecified atom stereocenters. The van der Waals surface area contributed by atoms with Crippen LogP contribution in [0.4, 0.5) is 5.69 Å². The molecule has 1 aliphatic heterocycles. The largest absolute Gasteiger partial charge is 0.275 e. The van der Waals surface area contributed by atoms with Gasteiger partial charge in [0.15, 0.2) is 0 Å². The lowest BCUT2D eigenvalue weighted by Gasteiger charge is -2.43. The van der Waals surface area contributed by atoms with Crippen molar-refractivity contribution < 1.29 is 13.3 Å². The second kappa shape index (κ2) is 6.61. The van der Waals surface area contributed by atoms with Gasteiger partial charge < -0.3 is 0 Å². The van der Waals surface area contributed by atoms with Gasteiger partial charge in [-0.05, 0) is 44.6 Å². The van der Waals surface area contributed by atoms with Crippen LogP contribution in [0.1, 0.15) is 44.1 Å². The first kappa shape index (κ1) is 17.6. The average molecular weight is 373 g/mol. The topological polar surface area (TPSA) is 80.5 Å². The summed E-state index contributed by atoms with van der Waals surface area (Å²) >= 11 is 6.06. The molecule has 1 aromatic rings. The Balaban J connectivity index is 2.02. The Labute approximate surface area is 147 Å². The predicted octanol–water partition coefficient (Wildman–Crippen LogP) is 3.90. The van der Waals surface area contributed by atoms with E-state index in [0.717, 1.165) is 44.6 Å². The van der Waals surface area contributed by atoms with Crippen molar-refractivity contribution in [3.05, 3.63) is 32.8 Å². The molecule has 1 aromatic carbocycles. The summed E-state index contributed by atoms with van der Waals surface area (Å²) in [6.07, 6.45) is 6.00. The van der Waals surface area contributed by atoms with Gasteiger partial charge in [-0.15, -0.1) is 0 Å². The molecule has 24 heavy (non-hydrogen) atoms. The Morgan fingerprint density at radius 1 is 1.21 bits per heavy atom. The third-order valence-corrected chi connectivity index (χ3v) is 7.58. The van der Waals surface area contributed by atoms with Gasteiger partial charge in [0.1, 0.15) is 0 Å². The summed E-state index contributed by atoms with van der Waals surface area (Å²) in [7, 11) is -3.78. The molecule has 8 heteroatoms. The molecule has 1 saturated heterocycles. The molecule has 1 saturated carbocycles. The lowest BCUT2D eigenvalue weighted by Crippen LogP contribution is -2.49. The first-order valence-electron chi connectivity index (χ1n) is 8.28. The highest BCUT2D eigenvalue weighted by molar-refractivity contribution is 7.89. The molecule has 2 fully saturated rings. The number of hydrogen-bond donors (Lipinski definition) is 0. The van der Waals surface area contributed by atoms with E-state index >= 15 is 0 Å². The van der Waals surface area contributed by atoms with Gasteiger partial charge in [0, 0.05) is 24.2 Å². The quantitative estimate of drug-likeness (QED) is 0.595. The fourth-order valence-corrected chi connectivity index (χ4v) is 6.07. The first-order valence-corrected chi connectivity index (χ1v) is 10.1. The minimum absolute atomic E-state index is 0.0108. The van der Waals surface area contributed by atoms with Gasteiger partial charge >= 0.3 is 0 Å². The highest BCUT2D eigenvalue weighted by Gasteiger charge is 2.40. The monoisotopic (exact) mass is 372 g/mol. The summed E-state index contributed by atoms with van der Waals surface area (Å²) in [5.41, 5.74) is 0.0353. The number of piperidine rings is 1. The Hall–Kier alpha value is -1.18. The number of halogens is 1. The number of rotatable bonds is 3. The van der Waals surface area contributed by atoms with Crippen LogP contribution >= 0.6 is 11.6 Å². The molecule has 0 bridgehead atoms.